The summed E-state index contributed by atoms with van der Waals surface area (Å²) in [6.07, 6.45) is 0. The van der Waals surface area contributed by atoms with Crippen molar-refractivity contribution < 1.29 is 9.18 Å². The number of benzene rings is 1. The Morgan fingerprint density at radius 1 is 1.56 bits per heavy atom. The van der Waals surface area contributed by atoms with Crippen LogP contribution in [-0.4, -0.2) is 36.6 Å². The molecule has 1 aromatic rings. The van der Waals surface area contributed by atoms with Gasteiger partial charge in [-0.1, -0.05) is 6.07 Å². The topological polar surface area (TPSA) is 44.4 Å². The zero-order valence-corrected chi connectivity index (χ0v) is 11.0. The highest BCUT2D eigenvalue weighted by Crippen LogP contribution is 2.11. The minimum atomic E-state index is -0.351. The number of urea groups is 1. The van der Waals surface area contributed by atoms with Crippen LogP contribution < -0.4 is 10.6 Å². The summed E-state index contributed by atoms with van der Waals surface area (Å²) in [4.78, 5) is 13.7. The maximum atomic E-state index is 13.0. The molecule has 6 heteroatoms. The number of amides is 2. The monoisotopic (exact) mass is 273 g/mol. The van der Waals surface area contributed by atoms with Gasteiger partial charge >= 0.3 is 6.03 Å². The minimum Gasteiger partial charge on any atom is -0.319 e. The van der Waals surface area contributed by atoms with Gasteiger partial charge in [0.05, 0.1) is 0 Å². The van der Waals surface area contributed by atoms with Crippen LogP contribution in [0.1, 0.15) is 6.92 Å². The van der Waals surface area contributed by atoms with E-state index in [-0.39, 0.29) is 30.3 Å². The van der Waals surface area contributed by atoms with Gasteiger partial charge in [-0.2, -0.15) is 0 Å². The fourth-order valence-corrected chi connectivity index (χ4v) is 1.90. The van der Waals surface area contributed by atoms with Crippen molar-refractivity contribution >= 4 is 24.1 Å². The number of hydrogen-bond donors (Lipinski definition) is 2. The van der Waals surface area contributed by atoms with Gasteiger partial charge in [-0.05, 0) is 25.1 Å². The molecule has 4 nitrogen and oxygen atoms in total. The number of rotatable bonds is 1. The maximum Gasteiger partial charge on any atom is 0.322 e. The highest BCUT2D eigenvalue weighted by Gasteiger charge is 2.22. The highest BCUT2D eigenvalue weighted by atomic mass is 35.5. The van der Waals surface area contributed by atoms with Gasteiger partial charge < -0.3 is 15.5 Å². The molecule has 0 saturated carbocycles. The van der Waals surface area contributed by atoms with Crippen LogP contribution >= 0.6 is 12.4 Å². The van der Waals surface area contributed by atoms with Crippen molar-refractivity contribution in [3.8, 4) is 0 Å². The molecule has 0 aliphatic carbocycles. The summed E-state index contributed by atoms with van der Waals surface area (Å²) in [5, 5.41) is 5.91. The maximum absolute atomic E-state index is 13.0. The van der Waals surface area contributed by atoms with Crippen LogP contribution in [0.2, 0.25) is 0 Å². The molecule has 1 aromatic carbocycles. The molecule has 1 saturated heterocycles. The molecular formula is C12H17ClFN3O. The summed E-state index contributed by atoms with van der Waals surface area (Å²) in [5.41, 5.74) is 0.487. The van der Waals surface area contributed by atoms with Crippen molar-refractivity contribution in [1.29, 1.82) is 0 Å². The first-order valence-corrected chi connectivity index (χ1v) is 5.71. The van der Waals surface area contributed by atoms with Crippen molar-refractivity contribution in [2.24, 2.45) is 0 Å². The molecule has 18 heavy (non-hydrogen) atoms. The molecule has 100 valence electrons. The molecule has 0 unspecified atom stereocenters. The van der Waals surface area contributed by atoms with Crippen molar-refractivity contribution in [1.82, 2.24) is 10.2 Å². The van der Waals surface area contributed by atoms with E-state index in [1.807, 2.05) is 6.92 Å². The number of nitrogens with one attached hydrogen (secondary N) is 2. The molecule has 0 aromatic heterocycles. The van der Waals surface area contributed by atoms with Gasteiger partial charge in [0.25, 0.3) is 0 Å². The number of anilines is 1. The molecule has 0 bridgehead atoms. The SMILES string of the molecule is C[C@@H]1CNCCN1C(=O)Nc1cccc(F)c1.Cl. The Kier molecular flexibility index (Phi) is 5.37. The molecule has 2 amide bonds. The van der Waals surface area contributed by atoms with Gasteiger partial charge in [0, 0.05) is 31.4 Å². The van der Waals surface area contributed by atoms with Crippen LogP contribution in [0.3, 0.4) is 0 Å². The number of carbonyl (C=O) groups excluding carboxylic acids is 1. The van der Waals surface area contributed by atoms with Gasteiger partial charge in [-0.25, -0.2) is 9.18 Å². The summed E-state index contributed by atoms with van der Waals surface area (Å²) >= 11 is 0. The summed E-state index contributed by atoms with van der Waals surface area (Å²) in [6, 6.07) is 5.88. The van der Waals surface area contributed by atoms with Crippen molar-refractivity contribution in [3.05, 3.63) is 30.1 Å². The van der Waals surface area contributed by atoms with Crippen LogP contribution in [0.15, 0.2) is 24.3 Å². The average molecular weight is 274 g/mol. The van der Waals surface area contributed by atoms with E-state index in [2.05, 4.69) is 10.6 Å². The molecule has 1 fully saturated rings. The van der Waals surface area contributed by atoms with E-state index in [1.54, 1.807) is 17.0 Å². The normalized spacial score (nSPS) is 19.0. The molecule has 1 aliphatic heterocycles. The van der Waals surface area contributed by atoms with Crippen LogP contribution in [0.4, 0.5) is 14.9 Å². The summed E-state index contributed by atoms with van der Waals surface area (Å²) in [5.74, 6) is -0.351. The summed E-state index contributed by atoms with van der Waals surface area (Å²) in [7, 11) is 0. The van der Waals surface area contributed by atoms with Gasteiger partial charge in [0.2, 0.25) is 0 Å². The lowest BCUT2D eigenvalue weighted by Gasteiger charge is -2.33. The third kappa shape index (κ3) is 3.58. The van der Waals surface area contributed by atoms with Crippen LogP contribution in [-0.2, 0) is 0 Å². The number of halogens is 2. The van der Waals surface area contributed by atoms with Gasteiger partial charge in [0.15, 0.2) is 0 Å². The van der Waals surface area contributed by atoms with Crippen LogP contribution in [0.5, 0.6) is 0 Å². The molecule has 2 N–H and O–H groups in total. The Balaban J connectivity index is 0.00000162. The first-order valence-electron chi connectivity index (χ1n) is 5.71. The first kappa shape index (κ1) is 14.7. The van der Waals surface area contributed by atoms with Crippen molar-refractivity contribution in [2.45, 2.75) is 13.0 Å². The van der Waals surface area contributed by atoms with Crippen LogP contribution in [0.25, 0.3) is 0 Å². The standard InChI is InChI=1S/C12H16FN3O.ClH/c1-9-8-14-5-6-16(9)12(17)15-11-4-2-3-10(13)7-11;/h2-4,7,9,14H,5-6,8H2,1H3,(H,15,17);1H/t9-;/m1./s1. The predicted molar refractivity (Wildman–Crippen MR) is 71.7 cm³/mol. The quantitative estimate of drug-likeness (QED) is 0.823. The summed E-state index contributed by atoms with van der Waals surface area (Å²) < 4.78 is 13.0. The summed E-state index contributed by atoms with van der Waals surface area (Å²) in [6.45, 7) is 4.23. The third-order valence-corrected chi connectivity index (χ3v) is 2.84. The first-order chi connectivity index (χ1) is 8.16. The number of piperazine rings is 1. The number of nitrogens with zero attached hydrogens (tertiary/aromatic N) is 1. The third-order valence-electron chi connectivity index (χ3n) is 2.84. The van der Waals surface area contributed by atoms with E-state index >= 15 is 0 Å². The van der Waals surface area contributed by atoms with E-state index < -0.39 is 0 Å². The lowest BCUT2D eigenvalue weighted by molar-refractivity contribution is 0.177. The van der Waals surface area contributed by atoms with Crippen molar-refractivity contribution in [2.75, 3.05) is 25.0 Å². The van der Waals surface area contributed by atoms with E-state index in [0.29, 0.717) is 12.2 Å². The van der Waals surface area contributed by atoms with Gasteiger partial charge in [0.1, 0.15) is 5.82 Å². The molecular weight excluding hydrogens is 257 g/mol. The molecule has 2 rings (SSSR count). The Morgan fingerprint density at radius 3 is 3.00 bits per heavy atom. The van der Waals surface area contributed by atoms with Crippen molar-refractivity contribution in [3.63, 3.8) is 0 Å². The fraction of sp³-hybridized carbons (Fsp3) is 0.417. The second-order valence-electron chi connectivity index (χ2n) is 4.19. The average Bonchev–Trinajstić information content (AvgIpc) is 2.29. The largest absolute Gasteiger partial charge is 0.322 e. The second-order valence-corrected chi connectivity index (χ2v) is 4.19. The Labute approximate surface area is 112 Å². The van der Waals surface area contributed by atoms with Gasteiger partial charge in [-0.3, -0.25) is 0 Å². The second kappa shape index (κ2) is 6.56. The molecule has 1 atom stereocenters. The minimum absolute atomic E-state index is 0. The molecule has 1 heterocycles. The Bertz CT molecular complexity index is 416. The van der Waals surface area contributed by atoms with Gasteiger partial charge in [-0.15, -0.1) is 12.4 Å². The molecule has 1 aliphatic rings. The van der Waals surface area contributed by atoms with E-state index in [4.69, 9.17) is 0 Å². The predicted octanol–water partition coefficient (Wildman–Crippen LogP) is 2.07. The smallest absolute Gasteiger partial charge is 0.319 e. The highest BCUT2D eigenvalue weighted by molar-refractivity contribution is 5.89. The van der Waals surface area contributed by atoms with E-state index in [0.717, 1.165) is 13.1 Å². The fourth-order valence-electron chi connectivity index (χ4n) is 1.90. The number of hydrogen-bond acceptors (Lipinski definition) is 2. The van der Waals surface area contributed by atoms with Crippen LogP contribution in [0, 0.1) is 5.82 Å². The molecule has 0 spiro atoms. The van der Waals surface area contributed by atoms with E-state index in [9.17, 15) is 9.18 Å². The lowest BCUT2D eigenvalue weighted by Crippen LogP contribution is -2.53. The molecule has 0 radical (unpaired) electrons. The number of carbonyl (C=O) groups is 1. The zero-order chi connectivity index (χ0) is 12.3. The Hall–Kier alpha value is -1.33. The Morgan fingerprint density at radius 2 is 2.33 bits per heavy atom. The van der Waals surface area contributed by atoms with E-state index in [1.165, 1.54) is 12.1 Å². The zero-order valence-electron chi connectivity index (χ0n) is 10.1. The lowest BCUT2D eigenvalue weighted by atomic mass is 10.2.